The highest BCUT2D eigenvalue weighted by atomic mass is 32.1. The molecular weight excluding hydrogens is 256 g/mol. The summed E-state index contributed by atoms with van der Waals surface area (Å²) in [7, 11) is 0. The van der Waals surface area contributed by atoms with Gasteiger partial charge in [-0.1, -0.05) is 18.2 Å². The first-order valence-corrected chi connectivity index (χ1v) is 6.86. The second-order valence-corrected chi connectivity index (χ2v) is 5.51. The number of aryl methyl sites for hydroxylation is 1. The number of nitrogens with zero attached hydrogens (tertiary/aromatic N) is 3. The summed E-state index contributed by atoms with van der Waals surface area (Å²) in [5, 5.41) is 5.35. The Kier molecular flexibility index (Phi) is 3.15. The lowest BCUT2D eigenvalue weighted by Gasteiger charge is -1.98. The molecule has 96 valence electrons. The number of nitrogens with two attached hydrogens (primary N) is 1. The van der Waals surface area contributed by atoms with Gasteiger partial charge < -0.3 is 5.73 Å². The van der Waals surface area contributed by atoms with Gasteiger partial charge >= 0.3 is 0 Å². The number of rotatable bonds is 3. The van der Waals surface area contributed by atoms with Gasteiger partial charge in [0, 0.05) is 23.2 Å². The molecular formula is C14H14N4S. The van der Waals surface area contributed by atoms with Crippen LogP contribution in [0.3, 0.4) is 0 Å². The van der Waals surface area contributed by atoms with E-state index >= 15 is 0 Å². The highest BCUT2D eigenvalue weighted by molar-refractivity contribution is 7.12. The highest BCUT2D eigenvalue weighted by Crippen LogP contribution is 2.27. The third kappa shape index (κ3) is 2.30. The van der Waals surface area contributed by atoms with Crippen molar-refractivity contribution in [3.63, 3.8) is 0 Å². The molecule has 3 rings (SSSR count). The standard InChI is InChI=1S/C14H14N4S/c1-10-14(17-13(7-15)19-10)11-8-16-18(9-11)12-5-3-2-4-6-12/h2-6,8-9H,7,15H2,1H3. The van der Waals surface area contributed by atoms with Gasteiger partial charge in [-0.2, -0.15) is 5.10 Å². The lowest BCUT2D eigenvalue weighted by molar-refractivity contribution is 0.880. The zero-order valence-electron chi connectivity index (χ0n) is 10.6. The molecule has 0 saturated carbocycles. The summed E-state index contributed by atoms with van der Waals surface area (Å²) in [6.45, 7) is 2.55. The van der Waals surface area contributed by atoms with Crippen LogP contribution in [-0.2, 0) is 6.54 Å². The molecule has 0 saturated heterocycles. The molecule has 5 heteroatoms. The summed E-state index contributed by atoms with van der Waals surface area (Å²) in [5.41, 5.74) is 8.68. The molecule has 0 fully saturated rings. The molecule has 0 bridgehead atoms. The Morgan fingerprint density at radius 1 is 1.26 bits per heavy atom. The number of aromatic nitrogens is 3. The van der Waals surface area contributed by atoms with E-state index in [2.05, 4.69) is 17.0 Å². The van der Waals surface area contributed by atoms with Crippen LogP contribution in [-0.4, -0.2) is 14.8 Å². The van der Waals surface area contributed by atoms with E-state index in [0.29, 0.717) is 6.54 Å². The van der Waals surface area contributed by atoms with Gasteiger partial charge in [-0.3, -0.25) is 0 Å². The topological polar surface area (TPSA) is 56.7 Å². The number of benzene rings is 1. The van der Waals surface area contributed by atoms with Gasteiger partial charge in [0.25, 0.3) is 0 Å². The van der Waals surface area contributed by atoms with Gasteiger partial charge in [0.2, 0.25) is 0 Å². The minimum absolute atomic E-state index is 0.484. The summed E-state index contributed by atoms with van der Waals surface area (Å²) >= 11 is 1.64. The van der Waals surface area contributed by atoms with Crippen molar-refractivity contribution >= 4 is 11.3 Å². The van der Waals surface area contributed by atoms with Gasteiger partial charge in [-0.25, -0.2) is 9.67 Å². The Hall–Kier alpha value is -1.98. The maximum atomic E-state index is 5.63. The average molecular weight is 270 g/mol. The maximum Gasteiger partial charge on any atom is 0.107 e. The quantitative estimate of drug-likeness (QED) is 0.796. The van der Waals surface area contributed by atoms with Crippen molar-refractivity contribution in [3.05, 3.63) is 52.6 Å². The Morgan fingerprint density at radius 3 is 2.74 bits per heavy atom. The van der Waals surface area contributed by atoms with Crippen LogP contribution in [0.1, 0.15) is 9.88 Å². The van der Waals surface area contributed by atoms with Crippen LogP contribution in [0.25, 0.3) is 16.9 Å². The van der Waals surface area contributed by atoms with Crippen molar-refractivity contribution in [2.24, 2.45) is 5.73 Å². The summed E-state index contributed by atoms with van der Waals surface area (Å²) in [6.07, 6.45) is 3.84. The predicted octanol–water partition coefficient (Wildman–Crippen LogP) is 2.76. The van der Waals surface area contributed by atoms with Gasteiger partial charge in [0.05, 0.1) is 17.6 Å². The SMILES string of the molecule is Cc1sc(CN)nc1-c1cnn(-c2ccccc2)c1. The van der Waals surface area contributed by atoms with Crippen LogP contribution < -0.4 is 5.73 Å². The first-order valence-electron chi connectivity index (χ1n) is 6.05. The van der Waals surface area contributed by atoms with Gasteiger partial charge in [-0.05, 0) is 19.1 Å². The monoisotopic (exact) mass is 270 g/mol. The fraction of sp³-hybridized carbons (Fsp3) is 0.143. The molecule has 2 heterocycles. The van der Waals surface area contributed by atoms with Crippen LogP contribution in [0, 0.1) is 6.92 Å². The summed E-state index contributed by atoms with van der Waals surface area (Å²) < 4.78 is 1.86. The van der Waals surface area contributed by atoms with Crippen LogP contribution in [0.5, 0.6) is 0 Å². The average Bonchev–Trinajstić information content (AvgIpc) is 3.06. The van der Waals surface area contributed by atoms with E-state index in [4.69, 9.17) is 5.73 Å². The van der Waals surface area contributed by atoms with Crippen molar-refractivity contribution in [1.29, 1.82) is 0 Å². The Balaban J connectivity index is 1.99. The van der Waals surface area contributed by atoms with Crippen molar-refractivity contribution in [2.75, 3.05) is 0 Å². The van der Waals surface area contributed by atoms with E-state index in [1.54, 1.807) is 11.3 Å². The predicted molar refractivity (Wildman–Crippen MR) is 77.3 cm³/mol. The van der Waals surface area contributed by atoms with Crippen LogP contribution in [0.4, 0.5) is 0 Å². The van der Waals surface area contributed by atoms with Gasteiger partial charge in [0.15, 0.2) is 0 Å². The first-order chi connectivity index (χ1) is 9.28. The number of para-hydroxylation sites is 1. The fourth-order valence-electron chi connectivity index (χ4n) is 1.97. The van der Waals surface area contributed by atoms with Crippen molar-refractivity contribution in [3.8, 4) is 16.9 Å². The van der Waals surface area contributed by atoms with Crippen molar-refractivity contribution in [1.82, 2.24) is 14.8 Å². The molecule has 0 aliphatic heterocycles. The molecule has 2 N–H and O–H groups in total. The van der Waals surface area contributed by atoms with E-state index in [0.717, 1.165) is 22.0 Å². The third-order valence-corrected chi connectivity index (χ3v) is 3.89. The highest BCUT2D eigenvalue weighted by Gasteiger charge is 2.11. The van der Waals surface area contributed by atoms with E-state index in [9.17, 15) is 0 Å². The van der Waals surface area contributed by atoms with Crippen LogP contribution in [0.15, 0.2) is 42.7 Å². The van der Waals surface area contributed by atoms with Gasteiger partial charge in [0.1, 0.15) is 5.01 Å². The van der Waals surface area contributed by atoms with Crippen LogP contribution in [0.2, 0.25) is 0 Å². The van der Waals surface area contributed by atoms with E-state index in [1.807, 2.05) is 47.4 Å². The van der Waals surface area contributed by atoms with E-state index < -0.39 is 0 Å². The molecule has 0 radical (unpaired) electrons. The number of hydrogen-bond acceptors (Lipinski definition) is 4. The van der Waals surface area contributed by atoms with E-state index in [1.165, 1.54) is 4.88 Å². The zero-order chi connectivity index (χ0) is 13.2. The molecule has 19 heavy (non-hydrogen) atoms. The first kappa shape index (κ1) is 12.1. The normalized spacial score (nSPS) is 10.8. The Labute approximate surface area is 115 Å². The smallest absolute Gasteiger partial charge is 0.107 e. The minimum atomic E-state index is 0.484. The molecule has 2 aromatic heterocycles. The number of hydrogen-bond donors (Lipinski definition) is 1. The summed E-state index contributed by atoms with van der Waals surface area (Å²) in [6, 6.07) is 10.0. The second-order valence-electron chi connectivity index (χ2n) is 4.23. The Morgan fingerprint density at radius 2 is 2.05 bits per heavy atom. The van der Waals surface area contributed by atoms with E-state index in [-0.39, 0.29) is 0 Å². The summed E-state index contributed by atoms with van der Waals surface area (Å²) in [5.74, 6) is 0. The third-order valence-electron chi connectivity index (χ3n) is 2.89. The Bertz CT molecular complexity index is 685. The molecule has 1 aromatic carbocycles. The van der Waals surface area contributed by atoms with Crippen molar-refractivity contribution < 1.29 is 0 Å². The lowest BCUT2D eigenvalue weighted by atomic mass is 10.2. The molecule has 0 amide bonds. The number of thiazole rings is 1. The molecule has 0 aliphatic carbocycles. The van der Waals surface area contributed by atoms with Gasteiger partial charge in [-0.15, -0.1) is 11.3 Å². The largest absolute Gasteiger partial charge is 0.325 e. The molecule has 0 spiro atoms. The summed E-state index contributed by atoms with van der Waals surface area (Å²) in [4.78, 5) is 5.72. The fourth-order valence-corrected chi connectivity index (χ4v) is 2.81. The molecule has 4 nitrogen and oxygen atoms in total. The molecule has 3 aromatic rings. The maximum absolute atomic E-state index is 5.63. The second kappa shape index (κ2) is 4.95. The van der Waals surface area contributed by atoms with Crippen LogP contribution >= 0.6 is 11.3 Å². The minimum Gasteiger partial charge on any atom is -0.325 e. The lowest BCUT2D eigenvalue weighted by Crippen LogP contribution is -1.94. The molecule has 0 atom stereocenters. The zero-order valence-corrected chi connectivity index (χ0v) is 11.4. The molecule has 0 aliphatic rings. The molecule has 0 unspecified atom stereocenters. The van der Waals surface area contributed by atoms with Crippen molar-refractivity contribution in [2.45, 2.75) is 13.5 Å².